The molecule has 0 unspecified atom stereocenters. The molecule has 2 rings (SSSR count). The Kier molecular flexibility index (Phi) is 7.72. The van der Waals surface area contributed by atoms with E-state index in [-0.39, 0.29) is 5.91 Å². The number of carbonyl (C=O) groups is 1. The fourth-order valence-electron chi connectivity index (χ4n) is 2.06. The molecule has 0 bridgehead atoms. The summed E-state index contributed by atoms with van der Waals surface area (Å²) in [6.45, 7) is 4.37. The number of amides is 1. The second-order valence-electron chi connectivity index (χ2n) is 5.25. The Morgan fingerprint density at radius 3 is 2.56 bits per heavy atom. The zero-order chi connectivity index (χ0) is 17.9. The van der Waals surface area contributed by atoms with Crippen molar-refractivity contribution in [2.75, 3.05) is 19.6 Å². The van der Waals surface area contributed by atoms with Crippen molar-refractivity contribution in [3.8, 4) is 0 Å². The number of carbonyl (C=O) groups excluding carboxylic acids is 1. The van der Waals surface area contributed by atoms with E-state index < -0.39 is 0 Å². The van der Waals surface area contributed by atoms with Crippen molar-refractivity contribution in [2.24, 2.45) is 4.99 Å². The van der Waals surface area contributed by atoms with Gasteiger partial charge in [-0.15, -0.1) is 0 Å². The minimum atomic E-state index is -0.141. The average molecular weight is 360 g/mol. The topological polar surface area (TPSA) is 78.4 Å². The Bertz CT molecular complexity index is 688. The minimum Gasteiger partial charge on any atom is -0.357 e. The highest BCUT2D eigenvalue weighted by molar-refractivity contribution is 6.30. The largest absolute Gasteiger partial charge is 0.357 e. The molecule has 0 saturated heterocycles. The molecule has 6 nitrogen and oxygen atoms in total. The predicted molar refractivity (Wildman–Crippen MR) is 101 cm³/mol. The number of nitrogens with one attached hydrogen (secondary N) is 3. The van der Waals surface area contributed by atoms with Crippen LogP contribution < -0.4 is 16.0 Å². The first kappa shape index (κ1) is 18.7. The summed E-state index contributed by atoms with van der Waals surface area (Å²) in [7, 11) is 0. The number of halogens is 1. The van der Waals surface area contributed by atoms with Crippen LogP contribution in [0.1, 0.15) is 22.8 Å². The maximum Gasteiger partial charge on any atom is 0.252 e. The second kappa shape index (κ2) is 10.3. The number of benzene rings is 1. The van der Waals surface area contributed by atoms with Crippen molar-refractivity contribution in [3.05, 3.63) is 64.9 Å². The van der Waals surface area contributed by atoms with Crippen LogP contribution in [0, 0.1) is 0 Å². The summed E-state index contributed by atoms with van der Waals surface area (Å²) in [6.07, 6.45) is 3.18. The van der Waals surface area contributed by atoms with Gasteiger partial charge in [0.15, 0.2) is 5.96 Å². The summed E-state index contributed by atoms with van der Waals surface area (Å²) in [6, 6.07) is 11.1. The smallest absolute Gasteiger partial charge is 0.252 e. The van der Waals surface area contributed by atoms with Crippen LogP contribution in [-0.2, 0) is 6.54 Å². The lowest BCUT2D eigenvalue weighted by molar-refractivity contribution is 0.0954. The van der Waals surface area contributed by atoms with E-state index in [1.807, 2.05) is 31.2 Å². The van der Waals surface area contributed by atoms with Crippen LogP contribution in [0.4, 0.5) is 0 Å². The number of guanidine groups is 1. The molecule has 0 aliphatic rings. The van der Waals surface area contributed by atoms with Gasteiger partial charge in [0.05, 0.1) is 12.1 Å². The highest BCUT2D eigenvalue weighted by Crippen LogP contribution is 2.10. The summed E-state index contributed by atoms with van der Waals surface area (Å²) in [4.78, 5) is 20.4. The highest BCUT2D eigenvalue weighted by Gasteiger charge is 2.04. The summed E-state index contributed by atoms with van der Waals surface area (Å²) >= 11 is 5.88. The summed E-state index contributed by atoms with van der Waals surface area (Å²) in [5.74, 6) is 0.561. The van der Waals surface area contributed by atoms with E-state index in [1.54, 1.807) is 24.5 Å². The monoisotopic (exact) mass is 359 g/mol. The lowest BCUT2D eigenvalue weighted by atomic mass is 10.2. The Morgan fingerprint density at radius 1 is 1.12 bits per heavy atom. The first-order valence-corrected chi connectivity index (χ1v) is 8.51. The van der Waals surface area contributed by atoms with Crippen molar-refractivity contribution in [2.45, 2.75) is 13.5 Å². The van der Waals surface area contributed by atoms with Crippen LogP contribution in [0.25, 0.3) is 0 Å². The number of aromatic nitrogens is 1. The predicted octanol–water partition coefficient (Wildman–Crippen LogP) is 2.22. The highest BCUT2D eigenvalue weighted by atomic mass is 35.5. The molecule has 0 spiro atoms. The Balaban J connectivity index is 1.78. The van der Waals surface area contributed by atoms with Crippen molar-refractivity contribution < 1.29 is 4.79 Å². The summed E-state index contributed by atoms with van der Waals surface area (Å²) in [5.41, 5.74) is 1.62. The van der Waals surface area contributed by atoms with Crippen LogP contribution in [0.15, 0.2) is 53.8 Å². The van der Waals surface area contributed by atoms with Gasteiger partial charge in [-0.1, -0.05) is 23.7 Å². The fourth-order valence-corrected chi connectivity index (χ4v) is 2.18. The molecule has 0 aliphatic heterocycles. The van der Waals surface area contributed by atoms with Gasteiger partial charge in [-0.3, -0.25) is 9.78 Å². The lowest BCUT2D eigenvalue weighted by Gasteiger charge is -2.12. The zero-order valence-electron chi connectivity index (χ0n) is 14.1. The molecule has 1 amide bonds. The molecule has 0 saturated carbocycles. The summed E-state index contributed by atoms with van der Waals surface area (Å²) < 4.78 is 0. The number of rotatable bonds is 7. The van der Waals surface area contributed by atoms with Crippen LogP contribution in [-0.4, -0.2) is 36.5 Å². The molecule has 2 aromatic rings. The molecule has 3 N–H and O–H groups in total. The molecule has 0 aliphatic carbocycles. The SMILES string of the molecule is CCNC(=NCc1ccc(Cl)cc1)NCCNC(=O)c1cccnc1. The molecule has 1 aromatic heterocycles. The third-order valence-corrected chi connectivity index (χ3v) is 3.56. The maximum atomic E-state index is 11.9. The van der Waals surface area contributed by atoms with Crippen LogP contribution in [0.2, 0.25) is 5.02 Å². The van der Waals surface area contributed by atoms with Crippen LogP contribution in [0.5, 0.6) is 0 Å². The average Bonchev–Trinajstić information content (AvgIpc) is 2.65. The third kappa shape index (κ3) is 6.81. The van der Waals surface area contributed by atoms with Gasteiger partial charge >= 0.3 is 0 Å². The number of aliphatic imine (C=N–C) groups is 1. The molecular weight excluding hydrogens is 338 g/mol. The number of hydrogen-bond acceptors (Lipinski definition) is 3. The van der Waals surface area contributed by atoms with E-state index in [4.69, 9.17) is 11.6 Å². The van der Waals surface area contributed by atoms with Gasteiger partial charge < -0.3 is 16.0 Å². The molecule has 132 valence electrons. The van der Waals surface area contributed by atoms with E-state index in [2.05, 4.69) is 25.9 Å². The third-order valence-electron chi connectivity index (χ3n) is 3.30. The maximum absolute atomic E-state index is 11.9. The van der Waals surface area contributed by atoms with E-state index in [0.29, 0.717) is 36.2 Å². The Morgan fingerprint density at radius 2 is 1.88 bits per heavy atom. The normalized spacial score (nSPS) is 11.0. The zero-order valence-corrected chi connectivity index (χ0v) is 14.9. The van der Waals surface area contributed by atoms with Crippen molar-refractivity contribution in [1.82, 2.24) is 20.9 Å². The molecule has 1 aromatic carbocycles. The second-order valence-corrected chi connectivity index (χ2v) is 5.68. The standard InChI is InChI=1S/C18H22ClN5O/c1-2-21-18(24-12-14-5-7-16(19)8-6-14)23-11-10-22-17(25)15-4-3-9-20-13-15/h3-9,13H,2,10-12H2,1H3,(H,22,25)(H2,21,23,24). The molecule has 1 heterocycles. The van der Waals surface area contributed by atoms with E-state index >= 15 is 0 Å². The Labute approximate surface area is 152 Å². The van der Waals surface area contributed by atoms with Crippen molar-refractivity contribution in [1.29, 1.82) is 0 Å². The lowest BCUT2D eigenvalue weighted by Crippen LogP contribution is -2.41. The van der Waals surface area contributed by atoms with Crippen LogP contribution in [0.3, 0.4) is 0 Å². The number of pyridine rings is 1. The molecule has 7 heteroatoms. The van der Waals surface area contributed by atoms with Gasteiger partial charge in [0.25, 0.3) is 5.91 Å². The van der Waals surface area contributed by atoms with Gasteiger partial charge in [0, 0.05) is 37.1 Å². The van der Waals surface area contributed by atoms with Crippen molar-refractivity contribution >= 4 is 23.5 Å². The van der Waals surface area contributed by atoms with E-state index in [0.717, 1.165) is 12.1 Å². The number of nitrogens with zero attached hydrogens (tertiary/aromatic N) is 2. The molecule has 0 atom stereocenters. The molecule has 0 fully saturated rings. The van der Waals surface area contributed by atoms with Gasteiger partial charge in [-0.05, 0) is 36.8 Å². The minimum absolute atomic E-state index is 0.141. The fraction of sp³-hybridized carbons (Fsp3) is 0.278. The number of hydrogen-bond donors (Lipinski definition) is 3. The Hall–Kier alpha value is -2.60. The summed E-state index contributed by atoms with van der Waals surface area (Å²) in [5, 5.41) is 9.91. The van der Waals surface area contributed by atoms with Gasteiger partial charge in [0.2, 0.25) is 0 Å². The van der Waals surface area contributed by atoms with Gasteiger partial charge in [-0.25, -0.2) is 4.99 Å². The van der Waals surface area contributed by atoms with E-state index in [1.165, 1.54) is 0 Å². The van der Waals surface area contributed by atoms with Gasteiger partial charge in [-0.2, -0.15) is 0 Å². The first-order valence-electron chi connectivity index (χ1n) is 8.14. The molecule has 0 radical (unpaired) electrons. The van der Waals surface area contributed by atoms with Gasteiger partial charge in [0.1, 0.15) is 0 Å². The first-order chi connectivity index (χ1) is 12.2. The molecule has 25 heavy (non-hydrogen) atoms. The molecular formula is C18H22ClN5O. The van der Waals surface area contributed by atoms with Crippen LogP contribution >= 0.6 is 11.6 Å². The van der Waals surface area contributed by atoms with E-state index in [9.17, 15) is 4.79 Å². The quantitative estimate of drug-likeness (QED) is 0.402. The van der Waals surface area contributed by atoms with Crippen molar-refractivity contribution in [3.63, 3.8) is 0 Å².